The molecule has 14 nitrogen and oxygen atoms in total. The maximum absolute atomic E-state index is 12.1. The fourth-order valence-electron chi connectivity index (χ4n) is 7.79. The Labute approximate surface area is 311 Å². The SMILES string of the molecule is Oc1c(O)c(-c2c3ccccc3c(-c3c(O)c(O)c4oc5c(O)c6c(O)c(O)c(O)c(O)c6c(O)c5c4c3O)c3ccccc23)c(O)c(O)c1-c1ccccc1. The molecule has 14 heteroatoms. The van der Waals surface area contributed by atoms with Crippen molar-refractivity contribution in [2.75, 3.05) is 0 Å². The summed E-state index contributed by atoms with van der Waals surface area (Å²) in [6.07, 6.45) is 0. The molecule has 8 aromatic carbocycles. The standard InChI is InChI=1S/C42H26O14/c43-28-22(36(51)40(55)42-27(28)26-29(44)24-25(37(52)41(26)56-42)35(50)39(54)38(53)34(24)49)20-15-10-4-6-12-17(15)21(18-13-7-5-11-16(18)20)23-32(47)30(45)19(31(46)33(23)48)14-8-2-1-3-9-14/h1-13,43-55H. The lowest BCUT2D eigenvalue weighted by Gasteiger charge is -2.21. The Morgan fingerprint density at radius 3 is 1.09 bits per heavy atom. The number of phenols is 13. The molecule has 0 amide bonds. The van der Waals surface area contributed by atoms with Gasteiger partial charge >= 0.3 is 0 Å². The molecule has 0 bridgehead atoms. The second-order valence-electron chi connectivity index (χ2n) is 13.1. The molecule has 56 heavy (non-hydrogen) atoms. The average molecular weight is 755 g/mol. The van der Waals surface area contributed by atoms with E-state index in [2.05, 4.69) is 0 Å². The number of furan rings is 1. The molecule has 13 N–H and O–H groups in total. The van der Waals surface area contributed by atoms with Gasteiger partial charge in [-0.05, 0) is 27.1 Å². The molecule has 0 saturated heterocycles. The van der Waals surface area contributed by atoms with Crippen molar-refractivity contribution in [1.29, 1.82) is 0 Å². The number of aromatic hydroxyl groups is 13. The van der Waals surface area contributed by atoms with E-state index >= 15 is 0 Å². The molecule has 0 atom stereocenters. The van der Waals surface area contributed by atoms with Crippen molar-refractivity contribution in [3.8, 4) is 108 Å². The number of hydrogen-bond acceptors (Lipinski definition) is 14. The molecule has 0 aliphatic rings. The lowest BCUT2D eigenvalue weighted by Crippen LogP contribution is -1.94. The van der Waals surface area contributed by atoms with Crippen LogP contribution in [0.1, 0.15) is 0 Å². The summed E-state index contributed by atoms with van der Waals surface area (Å²) in [6.45, 7) is 0. The smallest absolute Gasteiger partial charge is 0.205 e. The number of hydrogen-bond donors (Lipinski definition) is 13. The second kappa shape index (κ2) is 11.4. The summed E-state index contributed by atoms with van der Waals surface area (Å²) >= 11 is 0. The van der Waals surface area contributed by atoms with E-state index in [-0.39, 0.29) is 43.8 Å². The minimum atomic E-state index is -1.24. The third-order valence-corrected chi connectivity index (χ3v) is 10.3. The summed E-state index contributed by atoms with van der Waals surface area (Å²) in [7, 11) is 0. The van der Waals surface area contributed by atoms with E-state index in [0.29, 0.717) is 5.56 Å². The lowest BCUT2D eigenvalue weighted by molar-refractivity contribution is 0.349. The highest BCUT2D eigenvalue weighted by Gasteiger charge is 2.35. The molecule has 278 valence electrons. The van der Waals surface area contributed by atoms with Crippen LogP contribution in [0.5, 0.6) is 74.7 Å². The maximum Gasteiger partial charge on any atom is 0.205 e. The zero-order chi connectivity index (χ0) is 39.6. The van der Waals surface area contributed by atoms with Gasteiger partial charge in [0.2, 0.25) is 17.2 Å². The predicted octanol–water partition coefficient (Wildman–Crippen LogP) is 8.22. The highest BCUT2D eigenvalue weighted by Crippen LogP contribution is 2.63. The zero-order valence-corrected chi connectivity index (χ0v) is 28.2. The Morgan fingerprint density at radius 2 is 0.607 bits per heavy atom. The van der Waals surface area contributed by atoms with E-state index < -0.39 is 113 Å². The lowest BCUT2D eigenvalue weighted by atomic mass is 9.83. The van der Waals surface area contributed by atoms with Crippen molar-refractivity contribution < 1.29 is 70.8 Å². The van der Waals surface area contributed by atoms with E-state index in [1.165, 1.54) is 0 Å². The van der Waals surface area contributed by atoms with Crippen LogP contribution in [0.4, 0.5) is 0 Å². The summed E-state index contributed by atoms with van der Waals surface area (Å²) in [4.78, 5) is 0. The van der Waals surface area contributed by atoms with Crippen molar-refractivity contribution >= 4 is 54.3 Å². The van der Waals surface area contributed by atoms with Gasteiger partial charge in [0.15, 0.2) is 57.2 Å². The van der Waals surface area contributed by atoms with Gasteiger partial charge in [-0.3, -0.25) is 0 Å². The van der Waals surface area contributed by atoms with E-state index in [1.807, 2.05) is 0 Å². The summed E-state index contributed by atoms with van der Waals surface area (Å²) in [5.74, 6) is -12.5. The molecule has 9 aromatic rings. The molecule has 0 unspecified atom stereocenters. The van der Waals surface area contributed by atoms with Crippen molar-refractivity contribution in [2.24, 2.45) is 0 Å². The molecule has 0 fully saturated rings. The van der Waals surface area contributed by atoms with E-state index in [0.717, 1.165) is 0 Å². The van der Waals surface area contributed by atoms with Gasteiger partial charge in [-0.15, -0.1) is 0 Å². The first-order valence-electron chi connectivity index (χ1n) is 16.6. The third kappa shape index (κ3) is 4.08. The Hall–Kier alpha value is -8.26. The van der Waals surface area contributed by atoms with Crippen molar-refractivity contribution in [1.82, 2.24) is 0 Å². The van der Waals surface area contributed by atoms with Crippen LogP contribution < -0.4 is 0 Å². The first-order valence-corrected chi connectivity index (χ1v) is 16.6. The van der Waals surface area contributed by atoms with Gasteiger partial charge in [-0.1, -0.05) is 78.9 Å². The van der Waals surface area contributed by atoms with E-state index in [1.54, 1.807) is 78.9 Å². The van der Waals surface area contributed by atoms with Crippen LogP contribution in [-0.2, 0) is 0 Å². The van der Waals surface area contributed by atoms with Crippen molar-refractivity contribution in [2.45, 2.75) is 0 Å². The number of phenolic OH excluding ortho intramolecular Hbond substituents is 13. The first-order chi connectivity index (χ1) is 26.8. The fraction of sp³-hybridized carbons (Fsp3) is 0. The molecule has 0 saturated carbocycles. The Morgan fingerprint density at radius 1 is 0.250 bits per heavy atom. The Bertz CT molecular complexity index is 3140. The largest absolute Gasteiger partial charge is 0.506 e. The summed E-state index contributed by atoms with van der Waals surface area (Å²) in [5, 5.41) is 144. The summed E-state index contributed by atoms with van der Waals surface area (Å²) in [5.41, 5.74) is -1.86. The highest BCUT2D eigenvalue weighted by molar-refractivity contribution is 6.28. The fourth-order valence-corrected chi connectivity index (χ4v) is 7.79. The number of rotatable bonds is 3. The zero-order valence-electron chi connectivity index (χ0n) is 28.2. The number of fused-ring (bicyclic) bond motifs is 6. The first kappa shape index (κ1) is 33.6. The van der Waals surface area contributed by atoms with Crippen LogP contribution in [0.25, 0.3) is 87.6 Å². The van der Waals surface area contributed by atoms with E-state index in [4.69, 9.17) is 4.42 Å². The van der Waals surface area contributed by atoms with Gasteiger partial charge in [-0.2, -0.15) is 0 Å². The van der Waals surface area contributed by atoms with Crippen LogP contribution in [0.2, 0.25) is 0 Å². The van der Waals surface area contributed by atoms with Gasteiger partial charge in [-0.25, -0.2) is 0 Å². The maximum atomic E-state index is 12.1. The van der Waals surface area contributed by atoms with Gasteiger partial charge < -0.3 is 70.8 Å². The monoisotopic (exact) mass is 754 g/mol. The van der Waals surface area contributed by atoms with Crippen LogP contribution in [0, 0.1) is 0 Å². The normalized spacial score (nSPS) is 11.8. The second-order valence-corrected chi connectivity index (χ2v) is 13.1. The van der Waals surface area contributed by atoms with Gasteiger partial charge in [0.1, 0.15) is 11.5 Å². The minimum Gasteiger partial charge on any atom is -0.506 e. The van der Waals surface area contributed by atoms with Crippen LogP contribution >= 0.6 is 0 Å². The van der Waals surface area contributed by atoms with Gasteiger partial charge in [0.25, 0.3) is 0 Å². The third-order valence-electron chi connectivity index (χ3n) is 10.3. The molecule has 0 aliphatic heterocycles. The predicted molar refractivity (Wildman–Crippen MR) is 204 cm³/mol. The molecule has 0 radical (unpaired) electrons. The highest BCUT2D eigenvalue weighted by atomic mass is 16.4. The van der Waals surface area contributed by atoms with Gasteiger partial charge in [0, 0.05) is 11.1 Å². The Balaban J connectivity index is 1.43. The van der Waals surface area contributed by atoms with E-state index in [9.17, 15) is 66.4 Å². The quantitative estimate of drug-likeness (QED) is 0.0460. The minimum absolute atomic E-state index is 0.0578. The molecular weight excluding hydrogens is 728 g/mol. The molecule has 1 heterocycles. The van der Waals surface area contributed by atoms with Crippen LogP contribution in [0.15, 0.2) is 83.3 Å². The molecule has 9 rings (SSSR count). The summed E-state index contributed by atoms with van der Waals surface area (Å²) < 4.78 is 5.64. The molecule has 0 spiro atoms. The Kier molecular flexibility index (Phi) is 6.82. The average Bonchev–Trinajstić information content (AvgIpc) is 3.62. The number of benzene rings is 8. The van der Waals surface area contributed by atoms with Crippen molar-refractivity contribution in [3.05, 3.63) is 78.9 Å². The topological polar surface area (TPSA) is 276 Å². The van der Waals surface area contributed by atoms with Gasteiger partial charge in [0.05, 0.1) is 38.2 Å². The molecule has 0 aliphatic carbocycles. The molecule has 1 aromatic heterocycles. The van der Waals surface area contributed by atoms with Crippen molar-refractivity contribution in [3.63, 3.8) is 0 Å². The van der Waals surface area contributed by atoms with Crippen LogP contribution in [-0.4, -0.2) is 66.4 Å². The van der Waals surface area contributed by atoms with Crippen LogP contribution in [0.3, 0.4) is 0 Å². The molecular formula is C42H26O14. The summed E-state index contributed by atoms with van der Waals surface area (Å²) in [6, 6.07) is 20.8.